The van der Waals surface area contributed by atoms with Gasteiger partial charge in [-0.25, -0.2) is 4.98 Å². The lowest BCUT2D eigenvalue weighted by atomic mass is 9.94. The topological polar surface area (TPSA) is 47.1 Å². The second-order valence-electron chi connectivity index (χ2n) is 5.15. The van der Waals surface area contributed by atoms with Crippen LogP contribution in [0.5, 0.6) is 0 Å². The van der Waals surface area contributed by atoms with Gasteiger partial charge in [0.05, 0.1) is 6.33 Å². The van der Waals surface area contributed by atoms with Gasteiger partial charge < -0.3 is 15.2 Å². The predicted octanol–water partition coefficient (Wildman–Crippen LogP) is 1.12. The van der Waals surface area contributed by atoms with Crippen molar-refractivity contribution >= 4 is 0 Å². The summed E-state index contributed by atoms with van der Waals surface area (Å²) >= 11 is 0. The first-order valence-corrected chi connectivity index (χ1v) is 6.67. The number of hydrogen-bond acceptors (Lipinski definition) is 3. The Balaban J connectivity index is 1.79. The third-order valence-corrected chi connectivity index (χ3v) is 3.82. The van der Waals surface area contributed by atoms with Crippen LogP contribution in [0, 0.1) is 5.92 Å². The summed E-state index contributed by atoms with van der Waals surface area (Å²) < 4.78 is 2.27. The molecule has 0 aliphatic carbocycles. The highest BCUT2D eigenvalue weighted by atomic mass is 15.1. The molecule has 0 aromatic carbocycles. The molecule has 17 heavy (non-hydrogen) atoms. The first-order valence-electron chi connectivity index (χ1n) is 6.67. The molecule has 0 saturated carbocycles. The fourth-order valence-corrected chi connectivity index (χ4v) is 2.58. The Morgan fingerprint density at radius 3 is 2.88 bits per heavy atom. The summed E-state index contributed by atoms with van der Waals surface area (Å²) in [5.74, 6) is 0.888. The molecule has 4 heteroatoms. The van der Waals surface area contributed by atoms with Gasteiger partial charge >= 0.3 is 0 Å². The van der Waals surface area contributed by atoms with Crippen LogP contribution in [-0.2, 0) is 13.0 Å². The molecule has 96 valence electrons. The summed E-state index contributed by atoms with van der Waals surface area (Å²) in [5, 5.41) is 0. The van der Waals surface area contributed by atoms with E-state index < -0.39 is 0 Å². The molecule has 0 amide bonds. The smallest absolute Gasteiger partial charge is 0.0948 e. The fourth-order valence-electron chi connectivity index (χ4n) is 2.58. The number of rotatable bonds is 5. The van der Waals surface area contributed by atoms with Crippen molar-refractivity contribution < 1.29 is 0 Å². The van der Waals surface area contributed by atoms with E-state index in [9.17, 15) is 0 Å². The van der Waals surface area contributed by atoms with Crippen LogP contribution in [0.2, 0.25) is 0 Å². The Kier molecular flexibility index (Phi) is 4.57. The number of piperidine rings is 1. The van der Waals surface area contributed by atoms with Crippen LogP contribution in [0.25, 0.3) is 0 Å². The number of nitrogens with two attached hydrogens (primary N) is 1. The van der Waals surface area contributed by atoms with Gasteiger partial charge in [-0.1, -0.05) is 0 Å². The van der Waals surface area contributed by atoms with Crippen molar-refractivity contribution in [2.75, 3.05) is 26.7 Å². The summed E-state index contributed by atoms with van der Waals surface area (Å²) in [6.07, 6.45) is 8.80. The Bertz CT molecular complexity index is 326. The number of nitrogens with zero attached hydrogens (tertiary/aromatic N) is 3. The number of likely N-dealkylation sites (tertiary alicyclic amines) is 1. The summed E-state index contributed by atoms with van der Waals surface area (Å²) in [5.41, 5.74) is 6.87. The second kappa shape index (κ2) is 6.17. The average Bonchev–Trinajstić information content (AvgIpc) is 2.77. The molecular weight excluding hydrogens is 212 g/mol. The van der Waals surface area contributed by atoms with Gasteiger partial charge in [0.1, 0.15) is 0 Å². The van der Waals surface area contributed by atoms with Gasteiger partial charge in [-0.2, -0.15) is 0 Å². The normalized spacial score (nSPS) is 18.7. The molecule has 1 saturated heterocycles. The van der Waals surface area contributed by atoms with Crippen LogP contribution in [0.4, 0.5) is 0 Å². The van der Waals surface area contributed by atoms with Gasteiger partial charge in [0.2, 0.25) is 0 Å². The van der Waals surface area contributed by atoms with Crippen LogP contribution in [-0.4, -0.2) is 41.1 Å². The van der Waals surface area contributed by atoms with Crippen molar-refractivity contribution in [3.05, 3.63) is 18.2 Å². The van der Waals surface area contributed by atoms with Crippen molar-refractivity contribution in [1.82, 2.24) is 14.5 Å². The molecule has 2 rings (SSSR count). The van der Waals surface area contributed by atoms with E-state index in [0.29, 0.717) is 6.54 Å². The van der Waals surface area contributed by atoms with Crippen molar-refractivity contribution in [3.8, 4) is 0 Å². The molecule has 2 heterocycles. The minimum absolute atomic E-state index is 0.708. The molecule has 1 aliphatic rings. The molecule has 1 aromatic heterocycles. The Hall–Kier alpha value is -0.870. The summed E-state index contributed by atoms with van der Waals surface area (Å²) in [6.45, 7) is 4.32. The van der Waals surface area contributed by atoms with Gasteiger partial charge in [-0.15, -0.1) is 0 Å². The van der Waals surface area contributed by atoms with Crippen LogP contribution < -0.4 is 5.73 Å². The van der Waals surface area contributed by atoms with Crippen LogP contribution in [0.1, 0.15) is 25.0 Å². The second-order valence-corrected chi connectivity index (χ2v) is 5.15. The Morgan fingerprint density at radius 1 is 1.41 bits per heavy atom. The molecular formula is C13H24N4. The van der Waals surface area contributed by atoms with Crippen LogP contribution in [0.3, 0.4) is 0 Å². The lowest BCUT2D eigenvalue weighted by molar-refractivity contribution is 0.207. The number of hydrogen-bond donors (Lipinski definition) is 1. The maximum Gasteiger partial charge on any atom is 0.0948 e. The average molecular weight is 236 g/mol. The minimum Gasteiger partial charge on any atom is -0.335 e. The van der Waals surface area contributed by atoms with Gasteiger partial charge in [-0.05, 0) is 51.9 Å². The number of aryl methyl sites for hydroxylation is 1. The van der Waals surface area contributed by atoms with Gasteiger partial charge in [-0.3, -0.25) is 0 Å². The third-order valence-electron chi connectivity index (χ3n) is 3.82. The van der Waals surface area contributed by atoms with Crippen LogP contribution in [0.15, 0.2) is 12.5 Å². The molecule has 4 nitrogen and oxygen atoms in total. The first kappa shape index (κ1) is 12.6. The molecule has 1 aliphatic heterocycles. The monoisotopic (exact) mass is 236 g/mol. The Labute approximate surface area is 104 Å². The lowest BCUT2D eigenvalue weighted by Gasteiger charge is -2.29. The van der Waals surface area contributed by atoms with E-state index in [-0.39, 0.29) is 0 Å². The molecule has 0 unspecified atom stereocenters. The molecule has 0 radical (unpaired) electrons. The van der Waals surface area contributed by atoms with Gasteiger partial charge in [0, 0.05) is 24.9 Å². The summed E-state index contributed by atoms with van der Waals surface area (Å²) in [4.78, 5) is 6.64. The highest BCUT2D eigenvalue weighted by Crippen LogP contribution is 2.20. The van der Waals surface area contributed by atoms with Crippen LogP contribution >= 0.6 is 0 Å². The highest BCUT2D eigenvalue weighted by molar-refractivity contribution is 4.98. The standard InChI is InChI=1S/C13H24N4/c1-16-7-3-12(4-8-16)5-9-17-11-15-10-13(17)2-6-14/h10-12H,2-9,14H2,1H3. The van der Waals surface area contributed by atoms with E-state index in [2.05, 4.69) is 21.5 Å². The van der Waals surface area contributed by atoms with E-state index in [1.807, 2.05) is 12.5 Å². The maximum absolute atomic E-state index is 5.60. The zero-order valence-electron chi connectivity index (χ0n) is 10.8. The SMILES string of the molecule is CN1CCC(CCn2cncc2CCN)CC1. The Morgan fingerprint density at radius 2 is 2.18 bits per heavy atom. The zero-order chi connectivity index (χ0) is 12.1. The van der Waals surface area contributed by atoms with E-state index in [4.69, 9.17) is 5.73 Å². The number of aromatic nitrogens is 2. The van der Waals surface area contributed by atoms with Gasteiger partial charge in [0.25, 0.3) is 0 Å². The quantitative estimate of drug-likeness (QED) is 0.833. The molecule has 0 bridgehead atoms. The van der Waals surface area contributed by atoms with Crippen molar-refractivity contribution in [2.45, 2.75) is 32.2 Å². The zero-order valence-corrected chi connectivity index (χ0v) is 10.8. The van der Waals surface area contributed by atoms with E-state index >= 15 is 0 Å². The summed E-state index contributed by atoms with van der Waals surface area (Å²) in [6, 6.07) is 0. The highest BCUT2D eigenvalue weighted by Gasteiger charge is 2.16. The molecule has 1 fully saturated rings. The lowest BCUT2D eigenvalue weighted by Crippen LogP contribution is -2.30. The third kappa shape index (κ3) is 3.54. The minimum atomic E-state index is 0.708. The molecule has 1 aromatic rings. The molecule has 2 N–H and O–H groups in total. The van der Waals surface area contributed by atoms with E-state index in [1.165, 1.54) is 38.0 Å². The summed E-state index contributed by atoms with van der Waals surface area (Å²) in [7, 11) is 2.21. The van der Waals surface area contributed by atoms with E-state index in [0.717, 1.165) is 18.9 Å². The largest absolute Gasteiger partial charge is 0.335 e. The molecule has 0 atom stereocenters. The maximum atomic E-state index is 5.60. The fraction of sp³-hybridized carbons (Fsp3) is 0.769. The van der Waals surface area contributed by atoms with E-state index in [1.54, 1.807) is 0 Å². The van der Waals surface area contributed by atoms with Crippen molar-refractivity contribution in [2.24, 2.45) is 11.7 Å². The predicted molar refractivity (Wildman–Crippen MR) is 69.8 cm³/mol. The number of imidazole rings is 1. The van der Waals surface area contributed by atoms with Crippen molar-refractivity contribution in [1.29, 1.82) is 0 Å². The van der Waals surface area contributed by atoms with Gasteiger partial charge in [0.15, 0.2) is 0 Å². The molecule has 0 spiro atoms. The first-order chi connectivity index (χ1) is 8.29. The van der Waals surface area contributed by atoms with Crippen molar-refractivity contribution in [3.63, 3.8) is 0 Å².